The molecule has 7 nitrogen and oxygen atoms in total. The molecule has 3 rings (SSSR count). The summed E-state index contributed by atoms with van der Waals surface area (Å²) in [6.07, 6.45) is 4.27. The van der Waals surface area contributed by atoms with Gasteiger partial charge in [0.15, 0.2) is 6.61 Å². The average molecular weight is 373 g/mol. The minimum Gasteiger partial charge on any atom is -0.484 e. The van der Waals surface area contributed by atoms with Crippen LogP contribution in [0.5, 0.6) is 11.6 Å². The summed E-state index contributed by atoms with van der Waals surface area (Å²) >= 11 is 5.83. The predicted molar refractivity (Wildman–Crippen MR) is 93.9 cm³/mol. The number of carbonyl (C=O) groups is 1. The van der Waals surface area contributed by atoms with E-state index in [2.05, 4.69) is 9.97 Å². The van der Waals surface area contributed by atoms with Gasteiger partial charge < -0.3 is 14.4 Å². The number of hydrogen-bond donors (Lipinski definition) is 0. The van der Waals surface area contributed by atoms with Crippen LogP contribution in [-0.2, 0) is 4.79 Å². The molecule has 1 amide bonds. The molecule has 26 heavy (non-hydrogen) atoms. The van der Waals surface area contributed by atoms with Crippen LogP contribution >= 0.6 is 11.6 Å². The van der Waals surface area contributed by atoms with Gasteiger partial charge in [-0.1, -0.05) is 11.6 Å². The third-order valence-electron chi connectivity index (χ3n) is 3.96. The maximum absolute atomic E-state index is 12.4. The van der Waals surface area contributed by atoms with Gasteiger partial charge in [-0.15, -0.1) is 0 Å². The summed E-state index contributed by atoms with van der Waals surface area (Å²) in [7, 11) is 0. The highest BCUT2D eigenvalue weighted by Crippen LogP contribution is 2.19. The smallest absolute Gasteiger partial charge is 0.260 e. The van der Waals surface area contributed by atoms with Gasteiger partial charge >= 0.3 is 0 Å². The number of nitriles is 1. The van der Waals surface area contributed by atoms with Gasteiger partial charge in [-0.2, -0.15) is 5.26 Å². The molecule has 0 spiro atoms. The number of benzene rings is 1. The third-order valence-corrected chi connectivity index (χ3v) is 4.21. The molecule has 2 aromatic rings. The molecule has 0 saturated carbocycles. The lowest BCUT2D eigenvalue weighted by Crippen LogP contribution is -2.46. The number of hydrogen-bond acceptors (Lipinski definition) is 6. The Morgan fingerprint density at radius 3 is 2.85 bits per heavy atom. The predicted octanol–water partition coefficient (Wildman–Crippen LogP) is 2.45. The van der Waals surface area contributed by atoms with Crippen LogP contribution in [0, 0.1) is 11.3 Å². The van der Waals surface area contributed by atoms with Gasteiger partial charge in [0.25, 0.3) is 11.8 Å². The molecular formula is C18H17ClN4O3. The number of halogens is 1. The maximum Gasteiger partial charge on any atom is 0.260 e. The van der Waals surface area contributed by atoms with Crippen molar-refractivity contribution >= 4 is 17.5 Å². The van der Waals surface area contributed by atoms with Crippen molar-refractivity contribution in [2.24, 2.45) is 0 Å². The third kappa shape index (κ3) is 4.61. The van der Waals surface area contributed by atoms with Gasteiger partial charge in [0, 0.05) is 24.0 Å². The molecule has 1 fully saturated rings. The molecule has 1 aliphatic rings. The summed E-state index contributed by atoms with van der Waals surface area (Å²) in [6, 6.07) is 8.80. The fourth-order valence-corrected chi connectivity index (χ4v) is 2.80. The van der Waals surface area contributed by atoms with Crippen LogP contribution < -0.4 is 9.47 Å². The summed E-state index contributed by atoms with van der Waals surface area (Å²) in [5, 5.41) is 9.67. The van der Waals surface area contributed by atoms with Crippen LogP contribution in [0.15, 0.2) is 36.7 Å². The molecular weight excluding hydrogens is 356 g/mol. The normalized spacial score (nSPS) is 16.6. The van der Waals surface area contributed by atoms with E-state index in [-0.39, 0.29) is 30.2 Å². The molecule has 1 atom stereocenters. The Morgan fingerprint density at radius 2 is 2.08 bits per heavy atom. The first-order valence-corrected chi connectivity index (χ1v) is 8.57. The van der Waals surface area contributed by atoms with E-state index in [0.717, 1.165) is 12.8 Å². The minimum absolute atomic E-state index is 0.0526. The lowest BCUT2D eigenvalue weighted by molar-refractivity contribution is -0.136. The lowest BCUT2D eigenvalue weighted by atomic mass is 10.1. The second kappa shape index (κ2) is 8.50. The van der Waals surface area contributed by atoms with E-state index in [4.69, 9.17) is 26.3 Å². The first kappa shape index (κ1) is 18.0. The fourth-order valence-electron chi connectivity index (χ4n) is 2.67. The Labute approximate surface area is 156 Å². The summed E-state index contributed by atoms with van der Waals surface area (Å²) in [6.45, 7) is 1.02. The van der Waals surface area contributed by atoms with E-state index >= 15 is 0 Å². The Hall–Kier alpha value is -2.85. The minimum atomic E-state index is -0.230. The zero-order valence-electron chi connectivity index (χ0n) is 14.0. The van der Waals surface area contributed by atoms with Crippen LogP contribution in [-0.4, -0.2) is 46.6 Å². The first-order chi connectivity index (χ1) is 12.7. The second-order valence-corrected chi connectivity index (χ2v) is 6.22. The number of carbonyl (C=O) groups excluding carboxylic acids is 1. The molecule has 1 aliphatic heterocycles. The number of likely N-dealkylation sites (tertiary alicyclic amines) is 1. The van der Waals surface area contributed by atoms with Crippen molar-refractivity contribution in [1.29, 1.82) is 5.26 Å². The summed E-state index contributed by atoms with van der Waals surface area (Å²) in [4.78, 5) is 22.1. The average Bonchev–Trinajstić information content (AvgIpc) is 2.68. The van der Waals surface area contributed by atoms with Crippen molar-refractivity contribution in [2.45, 2.75) is 18.9 Å². The van der Waals surface area contributed by atoms with E-state index in [0.29, 0.717) is 23.9 Å². The molecule has 1 aromatic heterocycles. The van der Waals surface area contributed by atoms with Crippen molar-refractivity contribution in [3.8, 4) is 17.7 Å². The molecule has 134 valence electrons. The topological polar surface area (TPSA) is 88.3 Å². The molecule has 1 unspecified atom stereocenters. The number of amides is 1. The van der Waals surface area contributed by atoms with Gasteiger partial charge in [0.05, 0.1) is 6.54 Å². The van der Waals surface area contributed by atoms with Crippen molar-refractivity contribution < 1.29 is 14.3 Å². The number of aromatic nitrogens is 2. The van der Waals surface area contributed by atoms with Crippen LogP contribution in [0.3, 0.4) is 0 Å². The monoisotopic (exact) mass is 372 g/mol. The van der Waals surface area contributed by atoms with Crippen LogP contribution in [0.1, 0.15) is 18.5 Å². The van der Waals surface area contributed by atoms with E-state index in [1.165, 1.54) is 12.4 Å². The molecule has 0 radical (unpaired) electrons. The van der Waals surface area contributed by atoms with Crippen LogP contribution in [0.25, 0.3) is 0 Å². The summed E-state index contributed by atoms with van der Waals surface area (Å²) < 4.78 is 11.3. The highest BCUT2D eigenvalue weighted by Gasteiger charge is 2.26. The summed E-state index contributed by atoms with van der Waals surface area (Å²) in [5.74, 6) is 0.672. The quantitative estimate of drug-likeness (QED) is 0.801. The first-order valence-electron chi connectivity index (χ1n) is 8.19. The molecule has 1 aromatic carbocycles. The van der Waals surface area contributed by atoms with Gasteiger partial charge in [-0.25, -0.2) is 9.97 Å². The van der Waals surface area contributed by atoms with Crippen LogP contribution in [0.2, 0.25) is 5.02 Å². The van der Waals surface area contributed by atoms with Gasteiger partial charge in [-0.3, -0.25) is 4.79 Å². The van der Waals surface area contributed by atoms with E-state index in [1.807, 2.05) is 6.07 Å². The molecule has 2 heterocycles. The Bertz CT molecular complexity index is 807. The van der Waals surface area contributed by atoms with Gasteiger partial charge in [0.1, 0.15) is 17.9 Å². The molecule has 0 aliphatic carbocycles. The number of rotatable bonds is 5. The van der Waals surface area contributed by atoms with Crippen LogP contribution in [0.4, 0.5) is 0 Å². The molecule has 1 saturated heterocycles. The standard InChI is InChI=1S/C18H17ClN4O3/c19-13-3-5-14(6-4-13)25-12-17(24)23-9-1-2-15(11-23)26-18-16(10-20)21-7-8-22-18/h3-8,15H,1-2,9,11-12H2. The lowest BCUT2D eigenvalue weighted by Gasteiger charge is -2.32. The summed E-state index contributed by atoms with van der Waals surface area (Å²) in [5.41, 5.74) is 0.141. The molecule has 8 heteroatoms. The highest BCUT2D eigenvalue weighted by molar-refractivity contribution is 6.30. The highest BCUT2D eigenvalue weighted by atomic mass is 35.5. The number of nitrogens with zero attached hydrogens (tertiary/aromatic N) is 4. The largest absolute Gasteiger partial charge is 0.484 e. The zero-order chi connectivity index (χ0) is 18.4. The number of ether oxygens (including phenoxy) is 2. The van der Waals surface area contributed by atoms with E-state index < -0.39 is 0 Å². The Morgan fingerprint density at radius 1 is 1.31 bits per heavy atom. The fraction of sp³-hybridized carbons (Fsp3) is 0.333. The van der Waals surface area contributed by atoms with Crippen molar-refractivity contribution in [1.82, 2.24) is 14.9 Å². The SMILES string of the molecule is N#Cc1nccnc1OC1CCCN(C(=O)COc2ccc(Cl)cc2)C1. The van der Waals surface area contributed by atoms with Crippen molar-refractivity contribution in [3.63, 3.8) is 0 Å². The Balaban J connectivity index is 1.55. The van der Waals surface area contributed by atoms with E-state index in [9.17, 15) is 4.79 Å². The second-order valence-electron chi connectivity index (χ2n) is 5.79. The van der Waals surface area contributed by atoms with Gasteiger partial charge in [0.2, 0.25) is 5.69 Å². The van der Waals surface area contributed by atoms with E-state index in [1.54, 1.807) is 29.2 Å². The Kier molecular flexibility index (Phi) is 5.87. The number of piperidine rings is 1. The maximum atomic E-state index is 12.4. The van der Waals surface area contributed by atoms with Gasteiger partial charge in [-0.05, 0) is 37.1 Å². The van der Waals surface area contributed by atoms with Crippen molar-refractivity contribution in [3.05, 3.63) is 47.4 Å². The van der Waals surface area contributed by atoms with Crippen molar-refractivity contribution in [2.75, 3.05) is 19.7 Å². The zero-order valence-corrected chi connectivity index (χ0v) is 14.7. The molecule has 0 N–H and O–H groups in total. The molecule has 0 bridgehead atoms.